The molecule has 3 rings (SSSR count). The van der Waals surface area contributed by atoms with Crippen molar-refractivity contribution < 1.29 is 0 Å². The summed E-state index contributed by atoms with van der Waals surface area (Å²) in [6, 6.07) is 11.5. The molecule has 1 aromatic rings. The normalized spacial score (nSPS) is 29.8. The SMILES string of the molecule is CC1(C)/C(=C\c2ccccc2)CN2CCCC21. The van der Waals surface area contributed by atoms with Crippen LogP contribution in [0.25, 0.3) is 6.08 Å². The molecule has 2 aliphatic heterocycles. The molecule has 0 aromatic heterocycles. The fourth-order valence-electron chi connectivity index (χ4n) is 3.45. The van der Waals surface area contributed by atoms with Gasteiger partial charge in [-0.2, -0.15) is 0 Å². The van der Waals surface area contributed by atoms with Crippen LogP contribution in [-0.2, 0) is 0 Å². The molecule has 0 bridgehead atoms. The summed E-state index contributed by atoms with van der Waals surface area (Å²) in [6.45, 7) is 7.29. The van der Waals surface area contributed by atoms with Gasteiger partial charge >= 0.3 is 0 Å². The maximum atomic E-state index is 2.66. The topological polar surface area (TPSA) is 3.24 Å². The zero-order valence-corrected chi connectivity index (χ0v) is 10.8. The molecule has 1 nitrogen and oxygen atoms in total. The lowest BCUT2D eigenvalue weighted by Gasteiger charge is -2.27. The first-order valence-corrected chi connectivity index (χ1v) is 6.68. The van der Waals surface area contributed by atoms with Crippen molar-refractivity contribution in [3.63, 3.8) is 0 Å². The minimum absolute atomic E-state index is 0.354. The fourth-order valence-corrected chi connectivity index (χ4v) is 3.45. The molecule has 2 saturated heterocycles. The molecule has 1 atom stereocenters. The van der Waals surface area contributed by atoms with E-state index in [1.165, 1.54) is 31.5 Å². The van der Waals surface area contributed by atoms with Gasteiger partial charge < -0.3 is 0 Å². The van der Waals surface area contributed by atoms with E-state index < -0.39 is 0 Å². The predicted octanol–water partition coefficient (Wildman–Crippen LogP) is 3.57. The van der Waals surface area contributed by atoms with Crippen LogP contribution < -0.4 is 0 Å². The lowest BCUT2D eigenvalue weighted by atomic mass is 9.79. The van der Waals surface area contributed by atoms with Gasteiger partial charge in [0.25, 0.3) is 0 Å². The molecular formula is C16H21N. The van der Waals surface area contributed by atoms with Crippen LogP contribution in [-0.4, -0.2) is 24.0 Å². The lowest BCUT2D eigenvalue weighted by molar-refractivity contribution is 0.241. The summed E-state index contributed by atoms with van der Waals surface area (Å²) in [5.74, 6) is 0. The van der Waals surface area contributed by atoms with E-state index in [0.717, 1.165) is 6.04 Å². The third-order valence-electron chi connectivity index (χ3n) is 4.54. The van der Waals surface area contributed by atoms with Crippen molar-refractivity contribution in [3.8, 4) is 0 Å². The molecule has 90 valence electrons. The number of hydrogen-bond donors (Lipinski definition) is 0. The second-order valence-corrected chi connectivity index (χ2v) is 5.93. The molecule has 0 aliphatic carbocycles. The molecule has 0 radical (unpaired) electrons. The van der Waals surface area contributed by atoms with Crippen molar-refractivity contribution >= 4 is 6.08 Å². The first-order valence-electron chi connectivity index (χ1n) is 6.68. The number of rotatable bonds is 1. The number of benzene rings is 1. The molecule has 1 aromatic carbocycles. The van der Waals surface area contributed by atoms with E-state index in [4.69, 9.17) is 0 Å². The largest absolute Gasteiger partial charge is 0.296 e. The number of hydrogen-bond acceptors (Lipinski definition) is 1. The maximum absolute atomic E-state index is 2.66. The molecule has 2 aliphatic rings. The van der Waals surface area contributed by atoms with E-state index >= 15 is 0 Å². The zero-order valence-electron chi connectivity index (χ0n) is 10.8. The van der Waals surface area contributed by atoms with E-state index in [1.807, 2.05) is 0 Å². The third kappa shape index (κ3) is 1.83. The summed E-state index contributed by atoms with van der Waals surface area (Å²) < 4.78 is 0. The van der Waals surface area contributed by atoms with E-state index in [2.05, 4.69) is 55.2 Å². The van der Waals surface area contributed by atoms with E-state index in [-0.39, 0.29) is 0 Å². The van der Waals surface area contributed by atoms with Crippen LogP contribution in [0.2, 0.25) is 0 Å². The van der Waals surface area contributed by atoms with Crippen molar-refractivity contribution in [3.05, 3.63) is 41.5 Å². The summed E-state index contributed by atoms with van der Waals surface area (Å²) in [4.78, 5) is 2.66. The molecule has 1 unspecified atom stereocenters. The Hall–Kier alpha value is -1.08. The zero-order chi connectivity index (χ0) is 11.9. The van der Waals surface area contributed by atoms with Gasteiger partial charge in [-0.05, 0) is 30.5 Å². The van der Waals surface area contributed by atoms with Crippen molar-refractivity contribution in [1.82, 2.24) is 4.90 Å². The van der Waals surface area contributed by atoms with Crippen molar-refractivity contribution in [2.75, 3.05) is 13.1 Å². The Morgan fingerprint density at radius 2 is 2.00 bits per heavy atom. The highest BCUT2D eigenvalue weighted by Gasteiger charge is 2.45. The molecule has 0 N–H and O–H groups in total. The van der Waals surface area contributed by atoms with Crippen LogP contribution in [0.3, 0.4) is 0 Å². The Morgan fingerprint density at radius 1 is 1.24 bits per heavy atom. The highest BCUT2D eigenvalue weighted by molar-refractivity contribution is 5.56. The molecule has 2 fully saturated rings. The van der Waals surface area contributed by atoms with Crippen molar-refractivity contribution in [1.29, 1.82) is 0 Å². The highest BCUT2D eigenvalue weighted by Crippen LogP contribution is 2.46. The predicted molar refractivity (Wildman–Crippen MR) is 72.8 cm³/mol. The van der Waals surface area contributed by atoms with Gasteiger partial charge in [0.15, 0.2) is 0 Å². The Bertz CT molecular complexity index is 430. The fraction of sp³-hybridized carbons (Fsp3) is 0.500. The Kier molecular flexibility index (Phi) is 2.59. The van der Waals surface area contributed by atoms with Gasteiger partial charge in [-0.25, -0.2) is 0 Å². The van der Waals surface area contributed by atoms with E-state index in [1.54, 1.807) is 5.57 Å². The first-order chi connectivity index (χ1) is 8.18. The molecular weight excluding hydrogens is 206 g/mol. The van der Waals surface area contributed by atoms with Crippen molar-refractivity contribution in [2.45, 2.75) is 32.7 Å². The lowest BCUT2D eigenvalue weighted by Crippen LogP contribution is -2.30. The number of fused-ring (bicyclic) bond motifs is 1. The first kappa shape index (κ1) is 11.0. The molecule has 17 heavy (non-hydrogen) atoms. The molecule has 1 heteroatoms. The highest BCUT2D eigenvalue weighted by atomic mass is 15.2. The summed E-state index contributed by atoms with van der Waals surface area (Å²) in [5.41, 5.74) is 3.30. The second kappa shape index (κ2) is 3.99. The smallest absolute Gasteiger partial charge is 0.0205 e. The molecule has 0 spiro atoms. The molecule has 2 heterocycles. The minimum Gasteiger partial charge on any atom is -0.296 e. The third-order valence-corrected chi connectivity index (χ3v) is 4.54. The summed E-state index contributed by atoms with van der Waals surface area (Å²) in [7, 11) is 0. The van der Waals surface area contributed by atoms with E-state index in [9.17, 15) is 0 Å². The van der Waals surface area contributed by atoms with Crippen molar-refractivity contribution in [2.24, 2.45) is 5.41 Å². The van der Waals surface area contributed by atoms with Gasteiger partial charge in [-0.3, -0.25) is 4.90 Å². The van der Waals surface area contributed by atoms with Gasteiger partial charge in [0.1, 0.15) is 0 Å². The van der Waals surface area contributed by atoms with Gasteiger partial charge in [-0.15, -0.1) is 0 Å². The van der Waals surface area contributed by atoms with Gasteiger partial charge in [-0.1, -0.05) is 50.3 Å². The minimum atomic E-state index is 0.354. The average Bonchev–Trinajstić information content (AvgIpc) is 2.85. The second-order valence-electron chi connectivity index (χ2n) is 5.93. The van der Waals surface area contributed by atoms with E-state index in [0.29, 0.717) is 5.41 Å². The van der Waals surface area contributed by atoms with Gasteiger partial charge in [0, 0.05) is 18.0 Å². The standard InChI is InChI=1S/C16H21N/c1-16(2)14(11-13-7-4-3-5-8-13)12-17-10-6-9-15(16)17/h3-5,7-8,11,15H,6,9-10,12H2,1-2H3/b14-11-. The van der Waals surface area contributed by atoms with Crippen LogP contribution in [0.4, 0.5) is 0 Å². The van der Waals surface area contributed by atoms with Crippen LogP contribution in [0.1, 0.15) is 32.3 Å². The van der Waals surface area contributed by atoms with Gasteiger partial charge in [0.2, 0.25) is 0 Å². The molecule has 0 saturated carbocycles. The Labute approximate surface area is 104 Å². The quantitative estimate of drug-likeness (QED) is 0.709. The van der Waals surface area contributed by atoms with Crippen LogP contribution in [0, 0.1) is 5.41 Å². The van der Waals surface area contributed by atoms with Crippen LogP contribution in [0.5, 0.6) is 0 Å². The maximum Gasteiger partial charge on any atom is 0.0205 e. The monoisotopic (exact) mass is 227 g/mol. The summed E-state index contributed by atoms with van der Waals surface area (Å²) >= 11 is 0. The average molecular weight is 227 g/mol. The van der Waals surface area contributed by atoms with Gasteiger partial charge in [0.05, 0.1) is 0 Å². The summed E-state index contributed by atoms with van der Waals surface area (Å²) in [5, 5.41) is 0. The van der Waals surface area contributed by atoms with Crippen LogP contribution >= 0.6 is 0 Å². The Balaban J connectivity index is 1.92. The molecule has 0 amide bonds. The Morgan fingerprint density at radius 3 is 2.71 bits per heavy atom. The number of nitrogens with zero attached hydrogens (tertiary/aromatic N) is 1. The summed E-state index contributed by atoms with van der Waals surface area (Å²) in [6.07, 6.45) is 5.16. The van der Waals surface area contributed by atoms with Crippen LogP contribution in [0.15, 0.2) is 35.9 Å².